The van der Waals surface area contributed by atoms with E-state index >= 15 is 0 Å². The molecule has 2 heterocycles. The van der Waals surface area contributed by atoms with Gasteiger partial charge in [0.25, 0.3) is 0 Å². The number of thioether (sulfide) groups is 1. The zero-order chi connectivity index (χ0) is 22.3. The fourth-order valence-electron chi connectivity index (χ4n) is 3.08. The monoisotopic (exact) mass is 439 g/mol. The van der Waals surface area contributed by atoms with E-state index in [1.54, 1.807) is 12.5 Å². The summed E-state index contributed by atoms with van der Waals surface area (Å²) in [4.78, 5) is 8.89. The quantitative estimate of drug-likeness (QED) is 0.267. The maximum atomic E-state index is 5.44. The van der Waals surface area contributed by atoms with Gasteiger partial charge in [-0.3, -0.25) is 4.99 Å². The first-order valence-electron chi connectivity index (χ1n) is 11.1. The van der Waals surface area contributed by atoms with E-state index in [1.807, 2.05) is 36.2 Å². The van der Waals surface area contributed by atoms with Crippen molar-refractivity contribution in [2.75, 3.05) is 23.4 Å². The van der Waals surface area contributed by atoms with Crippen molar-refractivity contribution in [3.8, 4) is 0 Å². The Morgan fingerprint density at radius 2 is 1.87 bits per heavy atom. The molecule has 2 rings (SSSR count). The number of hydrogen-bond acceptors (Lipinski definition) is 5. The first kappa shape index (κ1) is 25.0. The van der Waals surface area contributed by atoms with Gasteiger partial charge in [0.15, 0.2) is 0 Å². The lowest BCUT2D eigenvalue weighted by molar-refractivity contribution is 0.294. The Morgan fingerprint density at radius 1 is 1.10 bits per heavy atom. The van der Waals surface area contributed by atoms with Gasteiger partial charge >= 0.3 is 0 Å². The third kappa shape index (κ3) is 11.1. The molecule has 0 radical (unpaired) electrons. The van der Waals surface area contributed by atoms with Crippen LogP contribution in [0.15, 0.2) is 76.3 Å². The molecule has 0 saturated heterocycles. The molecule has 31 heavy (non-hydrogen) atoms. The molecule has 1 atom stereocenters. The highest BCUT2D eigenvalue weighted by atomic mass is 32.2. The average molecular weight is 440 g/mol. The van der Waals surface area contributed by atoms with Gasteiger partial charge in [0.1, 0.15) is 18.7 Å². The van der Waals surface area contributed by atoms with Gasteiger partial charge in [0, 0.05) is 23.9 Å². The van der Waals surface area contributed by atoms with Gasteiger partial charge in [-0.2, -0.15) is 11.8 Å². The van der Waals surface area contributed by atoms with Crippen molar-refractivity contribution in [1.29, 1.82) is 0 Å². The van der Waals surface area contributed by atoms with Crippen LogP contribution in [0.25, 0.3) is 0 Å². The van der Waals surface area contributed by atoms with E-state index in [-0.39, 0.29) is 6.04 Å². The maximum absolute atomic E-state index is 5.44. The number of anilines is 1. The normalized spacial score (nSPS) is 15.2. The van der Waals surface area contributed by atoms with E-state index < -0.39 is 0 Å². The Bertz CT molecular complexity index is 805. The summed E-state index contributed by atoms with van der Waals surface area (Å²) in [6.07, 6.45) is 17.0. The van der Waals surface area contributed by atoms with Crippen molar-refractivity contribution in [2.45, 2.75) is 59.4 Å². The molecule has 0 aliphatic carbocycles. The van der Waals surface area contributed by atoms with E-state index in [1.165, 1.54) is 16.7 Å². The first-order valence-corrected chi connectivity index (χ1v) is 12.2. The Labute approximate surface area is 192 Å². The molecule has 1 unspecified atom stereocenters. The van der Waals surface area contributed by atoms with Crippen LogP contribution in [0.5, 0.6) is 0 Å². The maximum Gasteiger partial charge on any atom is 0.126 e. The number of pyridine rings is 1. The van der Waals surface area contributed by atoms with Crippen LogP contribution in [-0.2, 0) is 4.74 Å². The Kier molecular flexibility index (Phi) is 11.8. The number of aromatic nitrogens is 1. The van der Waals surface area contributed by atoms with Crippen molar-refractivity contribution in [3.63, 3.8) is 0 Å². The van der Waals surface area contributed by atoms with Crippen LogP contribution in [0.4, 0.5) is 5.82 Å². The molecule has 1 aromatic rings. The summed E-state index contributed by atoms with van der Waals surface area (Å²) in [5, 5.41) is 3.48. The fourth-order valence-corrected chi connectivity index (χ4v) is 4.10. The highest BCUT2D eigenvalue weighted by Gasteiger charge is 2.16. The summed E-state index contributed by atoms with van der Waals surface area (Å²) < 4.78 is 5.44. The predicted molar refractivity (Wildman–Crippen MR) is 137 cm³/mol. The summed E-state index contributed by atoms with van der Waals surface area (Å²) >= 11 is 1.90. The van der Waals surface area contributed by atoms with Gasteiger partial charge in [0.2, 0.25) is 0 Å². The molecule has 0 fully saturated rings. The second kappa shape index (κ2) is 14.7. The SMILES string of the molecule is CC(C)=CCCC(C)=CCCC(C)=CCSCC(Nc1ccccn1)C1=COCC=N1. The lowest BCUT2D eigenvalue weighted by atomic mass is 10.1. The Morgan fingerprint density at radius 3 is 2.55 bits per heavy atom. The van der Waals surface area contributed by atoms with Crippen molar-refractivity contribution < 1.29 is 4.74 Å². The highest BCUT2D eigenvalue weighted by Crippen LogP contribution is 2.19. The second-order valence-electron chi connectivity index (χ2n) is 8.10. The van der Waals surface area contributed by atoms with Crippen LogP contribution < -0.4 is 5.32 Å². The molecule has 168 valence electrons. The predicted octanol–water partition coefficient (Wildman–Crippen LogP) is 6.96. The lowest BCUT2D eigenvalue weighted by Crippen LogP contribution is -2.26. The molecule has 0 amide bonds. The minimum absolute atomic E-state index is 0.0662. The molecule has 1 N–H and O–H groups in total. The van der Waals surface area contributed by atoms with Crippen LogP contribution in [0.1, 0.15) is 53.4 Å². The minimum atomic E-state index is 0.0662. The molecule has 0 bridgehead atoms. The van der Waals surface area contributed by atoms with E-state index in [9.17, 15) is 0 Å². The van der Waals surface area contributed by atoms with Crippen LogP contribution in [0.3, 0.4) is 0 Å². The number of nitrogens with one attached hydrogen (secondary N) is 1. The van der Waals surface area contributed by atoms with Gasteiger partial charge < -0.3 is 10.1 Å². The molecule has 0 saturated carbocycles. The van der Waals surface area contributed by atoms with Crippen LogP contribution >= 0.6 is 11.8 Å². The molecule has 5 heteroatoms. The summed E-state index contributed by atoms with van der Waals surface area (Å²) in [6.45, 7) is 9.34. The first-order chi connectivity index (χ1) is 15.0. The average Bonchev–Trinajstić information content (AvgIpc) is 2.77. The summed E-state index contributed by atoms with van der Waals surface area (Å²) in [6, 6.07) is 5.95. The van der Waals surface area contributed by atoms with Gasteiger partial charge in [-0.05, 0) is 65.5 Å². The van der Waals surface area contributed by atoms with Crippen molar-refractivity contribution in [3.05, 3.63) is 71.3 Å². The van der Waals surface area contributed by atoms with Gasteiger partial charge in [0.05, 0.1) is 11.7 Å². The Balaban J connectivity index is 1.76. The molecule has 1 aliphatic rings. The van der Waals surface area contributed by atoms with Crippen LogP contribution in [0.2, 0.25) is 0 Å². The summed E-state index contributed by atoms with van der Waals surface area (Å²) in [5.41, 5.74) is 5.26. The molecule has 1 aliphatic heterocycles. The number of allylic oxidation sites excluding steroid dienone is 5. The Hall–Kier alpha value is -2.27. The number of aliphatic imine (C=N–C) groups is 1. The molecule has 4 nitrogen and oxygen atoms in total. The van der Waals surface area contributed by atoms with Gasteiger partial charge in [-0.25, -0.2) is 4.98 Å². The molecule has 1 aromatic heterocycles. The molecular weight excluding hydrogens is 402 g/mol. The van der Waals surface area contributed by atoms with Gasteiger partial charge in [-0.15, -0.1) is 0 Å². The number of hydrogen-bond donors (Lipinski definition) is 1. The molecule has 0 spiro atoms. The zero-order valence-electron chi connectivity index (χ0n) is 19.4. The van der Waals surface area contributed by atoms with E-state index in [4.69, 9.17) is 4.74 Å². The van der Waals surface area contributed by atoms with E-state index in [2.05, 4.69) is 61.2 Å². The third-order valence-electron chi connectivity index (χ3n) is 4.92. The number of rotatable bonds is 13. The minimum Gasteiger partial charge on any atom is -0.494 e. The van der Waals surface area contributed by atoms with E-state index in [0.717, 1.165) is 48.7 Å². The van der Waals surface area contributed by atoms with Crippen molar-refractivity contribution in [2.24, 2.45) is 4.99 Å². The van der Waals surface area contributed by atoms with Crippen molar-refractivity contribution in [1.82, 2.24) is 4.98 Å². The van der Waals surface area contributed by atoms with E-state index in [0.29, 0.717) is 6.61 Å². The highest BCUT2D eigenvalue weighted by molar-refractivity contribution is 7.99. The van der Waals surface area contributed by atoms with Crippen LogP contribution in [0, 0.1) is 0 Å². The van der Waals surface area contributed by atoms with Crippen LogP contribution in [-0.4, -0.2) is 35.4 Å². The lowest BCUT2D eigenvalue weighted by Gasteiger charge is -2.20. The fraction of sp³-hybridized carbons (Fsp3) is 0.462. The number of ether oxygens (including phenoxy) is 1. The largest absolute Gasteiger partial charge is 0.494 e. The zero-order valence-corrected chi connectivity index (χ0v) is 20.3. The molecular formula is C26H37N3OS. The summed E-state index contributed by atoms with van der Waals surface area (Å²) in [5.74, 6) is 2.75. The van der Waals surface area contributed by atoms with Crippen molar-refractivity contribution >= 4 is 23.8 Å². The third-order valence-corrected chi connectivity index (χ3v) is 5.89. The van der Waals surface area contributed by atoms with Gasteiger partial charge in [-0.1, -0.05) is 41.0 Å². The summed E-state index contributed by atoms with van der Waals surface area (Å²) in [7, 11) is 0. The standard InChI is InChI=1S/C26H37N3OS/c1-21(2)9-7-10-22(3)11-8-12-23(4)14-18-31-20-25(24-19-30-17-16-27-24)29-26-13-5-6-15-28-26/h5-6,9,11,13-16,19,25H,7-8,10,12,17-18,20H2,1-4H3,(H,28,29). The molecule has 0 aromatic carbocycles. The second-order valence-corrected chi connectivity index (χ2v) is 9.17. The number of nitrogens with zero attached hydrogens (tertiary/aromatic N) is 2. The smallest absolute Gasteiger partial charge is 0.126 e. The topological polar surface area (TPSA) is 46.5 Å².